The fourth-order valence-electron chi connectivity index (χ4n) is 2.44. The number of halogens is 3. The third-order valence-electron chi connectivity index (χ3n) is 3.37. The van der Waals surface area contributed by atoms with Crippen LogP contribution in [0.15, 0.2) is 12.1 Å². The van der Waals surface area contributed by atoms with Gasteiger partial charge in [0.1, 0.15) is 5.82 Å². The Morgan fingerprint density at radius 3 is 2.63 bits per heavy atom. The first-order valence-corrected chi connectivity index (χ1v) is 6.15. The number of hydrogen-bond acceptors (Lipinski definition) is 3. The van der Waals surface area contributed by atoms with Gasteiger partial charge in [0.15, 0.2) is 11.6 Å². The van der Waals surface area contributed by atoms with Crippen LogP contribution in [0.1, 0.15) is 11.6 Å². The van der Waals surface area contributed by atoms with Gasteiger partial charge >= 0.3 is 0 Å². The Labute approximate surface area is 110 Å². The van der Waals surface area contributed by atoms with E-state index in [2.05, 4.69) is 5.32 Å². The fourth-order valence-corrected chi connectivity index (χ4v) is 2.44. The van der Waals surface area contributed by atoms with Gasteiger partial charge in [-0.1, -0.05) is 0 Å². The summed E-state index contributed by atoms with van der Waals surface area (Å²) in [6.45, 7) is 1.65. The van der Waals surface area contributed by atoms with Crippen molar-refractivity contribution in [2.75, 3.05) is 33.8 Å². The quantitative estimate of drug-likeness (QED) is 0.849. The molecule has 1 fully saturated rings. The van der Waals surface area contributed by atoms with Crippen LogP contribution in [0.2, 0.25) is 0 Å². The zero-order valence-corrected chi connectivity index (χ0v) is 10.9. The van der Waals surface area contributed by atoms with E-state index in [9.17, 15) is 13.2 Å². The number of likely N-dealkylation sites (N-methyl/N-ethyl adjacent to an activating group) is 2. The van der Waals surface area contributed by atoms with Crippen molar-refractivity contribution in [3.05, 3.63) is 35.1 Å². The summed E-state index contributed by atoms with van der Waals surface area (Å²) in [4.78, 5) is 1.89. The molecular weight excluding hydrogens is 257 g/mol. The average Bonchev–Trinajstić information content (AvgIpc) is 2.35. The predicted octanol–water partition coefficient (Wildman–Crippen LogP) is 1.69. The highest BCUT2D eigenvalue weighted by atomic mass is 19.2. The van der Waals surface area contributed by atoms with E-state index in [1.165, 1.54) is 0 Å². The number of rotatable bonds is 3. The van der Waals surface area contributed by atoms with Gasteiger partial charge in [0, 0.05) is 24.7 Å². The molecule has 0 bridgehead atoms. The molecule has 1 aliphatic heterocycles. The molecule has 0 spiro atoms. The van der Waals surface area contributed by atoms with Gasteiger partial charge in [0.2, 0.25) is 0 Å². The lowest BCUT2D eigenvalue weighted by atomic mass is 9.97. The molecule has 1 saturated heterocycles. The summed E-state index contributed by atoms with van der Waals surface area (Å²) < 4.78 is 45.8. The number of hydrogen-bond donors (Lipinski definition) is 1. The molecular formula is C13H17F3N2O. The molecule has 0 saturated carbocycles. The van der Waals surface area contributed by atoms with Gasteiger partial charge in [-0.15, -0.1) is 0 Å². The van der Waals surface area contributed by atoms with Crippen molar-refractivity contribution in [1.29, 1.82) is 0 Å². The number of nitrogens with zero attached hydrogens (tertiary/aromatic N) is 1. The maximum absolute atomic E-state index is 13.9. The highest BCUT2D eigenvalue weighted by molar-refractivity contribution is 5.25. The summed E-state index contributed by atoms with van der Waals surface area (Å²) in [5.41, 5.74) is 0.126. The SMILES string of the molecule is CNCC1OCCN(C)C1c1cc(F)c(F)cc1F. The summed E-state index contributed by atoms with van der Waals surface area (Å²) in [6, 6.07) is 1.07. The van der Waals surface area contributed by atoms with E-state index >= 15 is 0 Å². The maximum atomic E-state index is 13.9. The Bertz CT molecular complexity index is 454. The topological polar surface area (TPSA) is 24.5 Å². The second kappa shape index (κ2) is 5.90. The molecule has 1 N–H and O–H groups in total. The summed E-state index contributed by atoms with van der Waals surface area (Å²) in [5.74, 6) is -2.97. The minimum absolute atomic E-state index is 0.126. The van der Waals surface area contributed by atoms with Crippen LogP contribution in [0.25, 0.3) is 0 Å². The molecule has 1 heterocycles. The minimum Gasteiger partial charge on any atom is -0.374 e. The van der Waals surface area contributed by atoms with Crippen molar-refractivity contribution < 1.29 is 17.9 Å². The first kappa shape index (κ1) is 14.3. The molecule has 6 heteroatoms. The van der Waals surface area contributed by atoms with Crippen LogP contribution in [0.4, 0.5) is 13.2 Å². The Hall–Kier alpha value is -1.11. The van der Waals surface area contributed by atoms with Gasteiger partial charge in [-0.05, 0) is 20.2 Å². The van der Waals surface area contributed by atoms with E-state index in [1.807, 2.05) is 11.9 Å². The molecule has 0 aliphatic carbocycles. The van der Waals surface area contributed by atoms with E-state index in [4.69, 9.17) is 4.74 Å². The van der Waals surface area contributed by atoms with Crippen LogP contribution in [0, 0.1) is 17.5 Å². The fraction of sp³-hybridized carbons (Fsp3) is 0.538. The maximum Gasteiger partial charge on any atom is 0.161 e. The Kier molecular flexibility index (Phi) is 4.44. The second-order valence-corrected chi connectivity index (χ2v) is 4.68. The van der Waals surface area contributed by atoms with Crippen molar-refractivity contribution in [3.8, 4) is 0 Å². The van der Waals surface area contributed by atoms with Crippen LogP contribution in [0.3, 0.4) is 0 Å². The lowest BCUT2D eigenvalue weighted by molar-refractivity contribution is -0.0617. The predicted molar refractivity (Wildman–Crippen MR) is 65.4 cm³/mol. The number of benzene rings is 1. The second-order valence-electron chi connectivity index (χ2n) is 4.68. The van der Waals surface area contributed by atoms with E-state index in [-0.39, 0.29) is 11.7 Å². The van der Waals surface area contributed by atoms with E-state index in [1.54, 1.807) is 7.05 Å². The van der Waals surface area contributed by atoms with E-state index < -0.39 is 23.5 Å². The summed E-state index contributed by atoms with van der Waals surface area (Å²) in [6.07, 6.45) is -0.303. The van der Waals surface area contributed by atoms with Gasteiger partial charge in [-0.25, -0.2) is 13.2 Å². The smallest absolute Gasteiger partial charge is 0.161 e. The van der Waals surface area contributed by atoms with Gasteiger partial charge < -0.3 is 10.1 Å². The number of nitrogens with one attached hydrogen (secondary N) is 1. The largest absolute Gasteiger partial charge is 0.374 e. The van der Waals surface area contributed by atoms with Gasteiger partial charge in [-0.3, -0.25) is 4.90 Å². The van der Waals surface area contributed by atoms with Crippen LogP contribution in [0.5, 0.6) is 0 Å². The third-order valence-corrected chi connectivity index (χ3v) is 3.37. The molecule has 0 amide bonds. The Morgan fingerprint density at radius 1 is 1.26 bits per heavy atom. The van der Waals surface area contributed by atoms with Crippen molar-refractivity contribution in [3.63, 3.8) is 0 Å². The Morgan fingerprint density at radius 2 is 1.95 bits per heavy atom. The summed E-state index contributed by atoms with van der Waals surface area (Å²) >= 11 is 0. The normalized spacial score (nSPS) is 24.7. The van der Waals surface area contributed by atoms with Gasteiger partial charge in [0.25, 0.3) is 0 Å². The van der Waals surface area contributed by atoms with Crippen molar-refractivity contribution >= 4 is 0 Å². The monoisotopic (exact) mass is 274 g/mol. The molecule has 2 atom stereocenters. The average molecular weight is 274 g/mol. The number of morpholine rings is 1. The molecule has 1 aromatic carbocycles. The highest BCUT2D eigenvalue weighted by Crippen LogP contribution is 2.31. The van der Waals surface area contributed by atoms with Gasteiger partial charge in [-0.2, -0.15) is 0 Å². The molecule has 1 aliphatic rings. The first-order valence-electron chi connectivity index (χ1n) is 6.15. The molecule has 106 valence electrons. The molecule has 0 radical (unpaired) electrons. The van der Waals surface area contributed by atoms with E-state index in [0.29, 0.717) is 25.8 Å². The standard InChI is InChI=1S/C13H17F3N2O/c1-17-7-12-13(18(2)3-4-19-12)8-5-10(15)11(16)6-9(8)14/h5-6,12-13,17H,3-4,7H2,1-2H3. The zero-order valence-electron chi connectivity index (χ0n) is 10.9. The Balaban J connectivity index is 2.38. The first-order chi connectivity index (χ1) is 9.04. The lowest BCUT2D eigenvalue weighted by Gasteiger charge is -2.39. The zero-order chi connectivity index (χ0) is 14.0. The number of ether oxygens (including phenoxy) is 1. The summed E-state index contributed by atoms with van der Waals surface area (Å²) in [5, 5.41) is 2.96. The molecule has 2 rings (SSSR count). The van der Waals surface area contributed by atoms with Crippen LogP contribution in [-0.2, 0) is 4.74 Å². The molecule has 1 aromatic rings. The van der Waals surface area contributed by atoms with E-state index in [0.717, 1.165) is 6.07 Å². The molecule has 3 nitrogen and oxygen atoms in total. The molecule has 19 heavy (non-hydrogen) atoms. The van der Waals surface area contributed by atoms with Crippen molar-refractivity contribution in [1.82, 2.24) is 10.2 Å². The van der Waals surface area contributed by atoms with Crippen LogP contribution < -0.4 is 5.32 Å². The van der Waals surface area contributed by atoms with Crippen LogP contribution in [-0.4, -0.2) is 44.8 Å². The highest BCUT2D eigenvalue weighted by Gasteiger charge is 2.33. The third kappa shape index (κ3) is 2.91. The lowest BCUT2D eigenvalue weighted by Crippen LogP contribution is -2.47. The van der Waals surface area contributed by atoms with Crippen LogP contribution >= 0.6 is 0 Å². The van der Waals surface area contributed by atoms with Crippen molar-refractivity contribution in [2.24, 2.45) is 0 Å². The molecule has 0 aromatic heterocycles. The van der Waals surface area contributed by atoms with Crippen molar-refractivity contribution in [2.45, 2.75) is 12.1 Å². The van der Waals surface area contributed by atoms with Gasteiger partial charge in [0.05, 0.1) is 18.8 Å². The summed E-state index contributed by atoms with van der Waals surface area (Å²) in [7, 11) is 3.58. The minimum atomic E-state index is -1.18. The molecule has 2 unspecified atom stereocenters.